The average molecular weight is 201 g/mol. The third kappa shape index (κ3) is 2.95. The second-order valence-corrected chi connectivity index (χ2v) is 3.00. The number of aliphatic carboxylic acids is 1. The maximum atomic E-state index is 9.00. The highest BCUT2D eigenvalue weighted by molar-refractivity contribution is 6.30. The average Bonchev–Trinajstić information content (AvgIpc) is 1.95. The minimum Gasteiger partial charge on any atom is -0.488 e. The van der Waals surface area contributed by atoms with E-state index in [4.69, 9.17) is 26.2 Å². The second kappa shape index (κ2) is 4.14. The molecule has 0 fully saturated rings. The van der Waals surface area contributed by atoms with Crippen LogP contribution in [0.15, 0.2) is 18.2 Å². The Morgan fingerprint density at radius 1 is 1.62 bits per heavy atom. The van der Waals surface area contributed by atoms with Crippen LogP contribution >= 0.6 is 11.6 Å². The van der Waals surface area contributed by atoms with Crippen LogP contribution in [0.3, 0.4) is 0 Å². The van der Waals surface area contributed by atoms with Crippen molar-refractivity contribution in [1.29, 1.82) is 0 Å². The Kier molecular flexibility index (Phi) is 3.14. The Morgan fingerprint density at radius 3 is 2.54 bits per heavy atom. The van der Waals surface area contributed by atoms with Gasteiger partial charge >= 0.3 is 0 Å². The van der Waals surface area contributed by atoms with E-state index < -0.39 is 5.97 Å². The number of hydrogen-bond acceptors (Lipinski definition) is 2. The quantitative estimate of drug-likeness (QED) is 0.699. The van der Waals surface area contributed by atoms with Gasteiger partial charge in [-0.25, -0.2) is 0 Å². The van der Waals surface area contributed by atoms with Crippen LogP contribution in [0.25, 0.3) is 0 Å². The lowest BCUT2D eigenvalue weighted by Gasteiger charge is -2.19. The van der Waals surface area contributed by atoms with Crippen LogP contribution in [0.5, 0.6) is 5.75 Å². The van der Waals surface area contributed by atoms with Gasteiger partial charge in [0.1, 0.15) is 12.4 Å². The molecule has 13 heavy (non-hydrogen) atoms. The van der Waals surface area contributed by atoms with Gasteiger partial charge in [-0.2, -0.15) is 0 Å². The number of halogens is 1. The molecule has 0 atom stereocenters. The first-order chi connectivity index (χ1) is 6.09. The van der Waals surface area contributed by atoms with Crippen molar-refractivity contribution in [2.75, 3.05) is 0 Å². The van der Waals surface area contributed by atoms with Crippen molar-refractivity contribution in [3.8, 4) is 5.75 Å². The molecule has 0 aromatic heterocycles. The first-order valence-electron chi connectivity index (χ1n) is 3.70. The van der Waals surface area contributed by atoms with E-state index in [2.05, 4.69) is 0 Å². The van der Waals surface area contributed by atoms with Gasteiger partial charge in [0.15, 0.2) is 0 Å². The van der Waals surface area contributed by atoms with E-state index in [1.807, 2.05) is 18.2 Å². The first kappa shape index (κ1) is 9.86. The molecule has 1 heterocycles. The molecule has 2 rings (SSSR count). The minimum atomic E-state index is -0.833. The Morgan fingerprint density at radius 2 is 2.23 bits per heavy atom. The zero-order chi connectivity index (χ0) is 9.84. The largest absolute Gasteiger partial charge is 0.488 e. The Bertz CT molecular complexity index is 319. The highest BCUT2D eigenvalue weighted by Crippen LogP contribution is 2.31. The van der Waals surface area contributed by atoms with Gasteiger partial charge < -0.3 is 9.84 Å². The summed E-state index contributed by atoms with van der Waals surface area (Å²) in [6, 6.07) is 5.70. The number of rotatable bonds is 0. The monoisotopic (exact) mass is 200 g/mol. The van der Waals surface area contributed by atoms with E-state index in [-0.39, 0.29) is 0 Å². The van der Waals surface area contributed by atoms with Crippen molar-refractivity contribution in [1.82, 2.24) is 0 Å². The summed E-state index contributed by atoms with van der Waals surface area (Å²) < 4.78 is 5.07. The van der Waals surface area contributed by atoms with Gasteiger partial charge in [0.2, 0.25) is 0 Å². The highest BCUT2D eigenvalue weighted by Gasteiger charge is 2.12. The molecule has 70 valence electrons. The van der Waals surface area contributed by atoms with E-state index in [1.165, 1.54) is 5.56 Å². The Balaban J connectivity index is 0.000000184. The first-order valence-corrected chi connectivity index (χ1v) is 4.08. The molecular formula is C9H9ClO3. The molecule has 1 N–H and O–H groups in total. The molecule has 0 saturated heterocycles. The lowest BCUT2D eigenvalue weighted by atomic mass is 10.1. The van der Waals surface area contributed by atoms with Gasteiger partial charge in [0.25, 0.3) is 5.97 Å². The molecular weight excluding hydrogens is 192 g/mol. The van der Waals surface area contributed by atoms with Crippen LogP contribution in [0.4, 0.5) is 0 Å². The molecule has 3 nitrogen and oxygen atoms in total. The molecule has 0 saturated carbocycles. The third-order valence-corrected chi connectivity index (χ3v) is 1.65. The standard InChI is InChI=1S/C7H5ClO.C2H4O2/c8-6-2-1-5-4-9-7(5)3-6;1-2(3)4/h1-3H,4H2;1H3,(H,3,4). The van der Waals surface area contributed by atoms with Crippen molar-refractivity contribution in [3.63, 3.8) is 0 Å². The van der Waals surface area contributed by atoms with Crippen LogP contribution in [-0.2, 0) is 11.4 Å². The molecule has 0 aliphatic carbocycles. The van der Waals surface area contributed by atoms with Crippen molar-refractivity contribution in [3.05, 3.63) is 28.8 Å². The molecule has 0 bridgehead atoms. The summed E-state index contributed by atoms with van der Waals surface area (Å²) in [5.74, 6) is 0.0995. The lowest BCUT2D eigenvalue weighted by molar-refractivity contribution is -0.134. The summed E-state index contributed by atoms with van der Waals surface area (Å²) in [6.07, 6.45) is 0. The summed E-state index contributed by atoms with van der Waals surface area (Å²) in [7, 11) is 0. The van der Waals surface area contributed by atoms with Gasteiger partial charge in [-0.3, -0.25) is 4.79 Å². The van der Waals surface area contributed by atoms with E-state index >= 15 is 0 Å². The number of ether oxygens (including phenoxy) is 1. The van der Waals surface area contributed by atoms with E-state index in [9.17, 15) is 0 Å². The molecule has 0 spiro atoms. The Labute approximate surface area is 80.9 Å². The summed E-state index contributed by atoms with van der Waals surface area (Å²) in [5.41, 5.74) is 1.25. The minimum absolute atomic E-state index is 0.743. The van der Waals surface area contributed by atoms with Gasteiger partial charge in [-0.05, 0) is 12.1 Å². The number of benzene rings is 1. The van der Waals surface area contributed by atoms with Gasteiger partial charge in [-0.1, -0.05) is 17.7 Å². The van der Waals surface area contributed by atoms with E-state index in [0.29, 0.717) is 0 Å². The van der Waals surface area contributed by atoms with Crippen molar-refractivity contribution in [2.24, 2.45) is 0 Å². The summed E-state index contributed by atoms with van der Waals surface area (Å²) in [6.45, 7) is 1.83. The highest BCUT2D eigenvalue weighted by atomic mass is 35.5. The van der Waals surface area contributed by atoms with Crippen molar-refractivity contribution >= 4 is 17.6 Å². The smallest absolute Gasteiger partial charge is 0.300 e. The predicted octanol–water partition coefficient (Wildman–Crippen LogP) is 2.32. The zero-order valence-electron chi connectivity index (χ0n) is 7.08. The number of fused-ring (bicyclic) bond motifs is 1. The SMILES string of the molecule is CC(=O)O.Clc1ccc2c(c1)OC2. The zero-order valence-corrected chi connectivity index (χ0v) is 7.84. The number of carboxylic acid groups (broad SMARTS) is 1. The number of carboxylic acids is 1. The molecule has 0 radical (unpaired) electrons. The second-order valence-electron chi connectivity index (χ2n) is 2.56. The topological polar surface area (TPSA) is 46.5 Å². The van der Waals surface area contributed by atoms with Crippen LogP contribution in [0, 0.1) is 0 Å². The molecule has 0 unspecified atom stereocenters. The van der Waals surface area contributed by atoms with Crippen LogP contribution in [-0.4, -0.2) is 11.1 Å². The van der Waals surface area contributed by atoms with Crippen molar-refractivity contribution < 1.29 is 14.6 Å². The summed E-state index contributed by atoms with van der Waals surface area (Å²) in [4.78, 5) is 9.00. The van der Waals surface area contributed by atoms with E-state index in [0.717, 1.165) is 24.3 Å². The molecule has 0 amide bonds. The van der Waals surface area contributed by atoms with Crippen molar-refractivity contribution in [2.45, 2.75) is 13.5 Å². The van der Waals surface area contributed by atoms with Gasteiger partial charge in [-0.15, -0.1) is 0 Å². The fraction of sp³-hybridized carbons (Fsp3) is 0.222. The van der Waals surface area contributed by atoms with E-state index in [1.54, 1.807) is 0 Å². The molecule has 1 aromatic carbocycles. The van der Waals surface area contributed by atoms with Crippen LogP contribution in [0.2, 0.25) is 5.02 Å². The van der Waals surface area contributed by atoms with Gasteiger partial charge in [0, 0.05) is 17.5 Å². The maximum Gasteiger partial charge on any atom is 0.300 e. The summed E-state index contributed by atoms with van der Waals surface area (Å²) >= 11 is 5.67. The third-order valence-electron chi connectivity index (χ3n) is 1.41. The fourth-order valence-electron chi connectivity index (χ4n) is 0.857. The normalized spacial score (nSPS) is 11.2. The number of carbonyl (C=O) groups is 1. The molecule has 1 aromatic rings. The Hall–Kier alpha value is -1.22. The van der Waals surface area contributed by atoms with Crippen LogP contribution < -0.4 is 4.74 Å². The predicted molar refractivity (Wildman–Crippen MR) is 49.1 cm³/mol. The van der Waals surface area contributed by atoms with Crippen LogP contribution in [0.1, 0.15) is 12.5 Å². The lowest BCUT2D eigenvalue weighted by Crippen LogP contribution is -2.08. The fourth-order valence-corrected chi connectivity index (χ4v) is 1.02. The maximum absolute atomic E-state index is 9.00. The number of hydrogen-bond donors (Lipinski definition) is 1. The summed E-state index contributed by atoms with van der Waals surface area (Å²) in [5, 5.41) is 8.16. The molecule has 1 aliphatic heterocycles. The molecule has 1 aliphatic rings. The molecule has 4 heteroatoms. The van der Waals surface area contributed by atoms with Gasteiger partial charge in [0.05, 0.1) is 0 Å².